The van der Waals surface area contributed by atoms with E-state index < -0.39 is 0 Å². The third-order valence-corrected chi connectivity index (χ3v) is 2.92. The van der Waals surface area contributed by atoms with Crippen LogP contribution in [-0.4, -0.2) is 11.8 Å². The second-order valence-electron chi connectivity index (χ2n) is 2.60. The highest BCUT2D eigenvalue weighted by atomic mass is 31.1. The Morgan fingerprint density at radius 1 is 1.50 bits per heavy atom. The second-order valence-corrected chi connectivity index (χ2v) is 4.23. The van der Waals surface area contributed by atoms with Gasteiger partial charge in [-0.25, -0.2) is 0 Å². The minimum Gasteiger partial charge on any atom is -0.118 e. The molecule has 0 radical (unpaired) electrons. The fourth-order valence-corrected chi connectivity index (χ4v) is 1.71. The molecule has 48 valence electrons. The summed E-state index contributed by atoms with van der Waals surface area (Å²) in [6.45, 7) is 2.27. The third kappa shape index (κ3) is 2.67. The quantitative estimate of drug-likeness (QED) is 0.405. The van der Waals surface area contributed by atoms with Gasteiger partial charge in [0.2, 0.25) is 0 Å². The molecule has 0 aliphatic carbocycles. The SMILES string of the molecule is CCCCCC1CP1. The molecule has 0 saturated carbocycles. The first-order valence-electron chi connectivity index (χ1n) is 3.67. The van der Waals surface area contributed by atoms with E-state index in [2.05, 4.69) is 6.92 Å². The van der Waals surface area contributed by atoms with E-state index in [0.29, 0.717) is 0 Å². The molecule has 2 atom stereocenters. The Labute approximate surface area is 53.8 Å². The Bertz CT molecular complexity index is 57.4. The van der Waals surface area contributed by atoms with E-state index in [0.717, 1.165) is 0 Å². The van der Waals surface area contributed by atoms with Crippen molar-refractivity contribution in [3.63, 3.8) is 0 Å². The van der Waals surface area contributed by atoms with Crippen molar-refractivity contribution in [3.8, 4) is 0 Å². The van der Waals surface area contributed by atoms with Crippen LogP contribution in [0.4, 0.5) is 0 Å². The average molecular weight is 130 g/mol. The molecule has 1 heterocycles. The van der Waals surface area contributed by atoms with Crippen LogP contribution in [-0.2, 0) is 0 Å². The highest BCUT2D eigenvalue weighted by Crippen LogP contribution is 2.41. The lowest BCUT2D eigenvalue weighted by atomic mass is 10.2. The molecular formula is C7H15P. The van der Waals surface area contributed by atoms with Gasteiger partial charge < -0.3 is 0 Å². The van der Waals surface area contributed by atoms with Crippen molar-refractivity contribution < 1.29 is 0 Å². The van der Waals surface area contributed by atoms with Crippen LogP contribution in [0.25, 0.3) is 0 Å². The first-order valence-corrected chi connectivity index (χ1v) is 4.95. The summed E-state index contributed by atoms with van der Waals surface area (Å²) < 4.78 is 0. The van der Waals surface area contributed by atoms with Gasteiger partial charge in [0, 0.05) is 0 Å². The van der Waals surface area contributed by atoms with Gasteiger partial charge in [0.15, 0.2) is 0 Å². The van der Waals surface area contributed by atoms with Gasteiger partial charge in [-0.15, -0.1) is 8.58 Å². The van der Waals surface area contributed by atoms with Crippen LogP contribution in [0, 0.1) is 0 Å². The van der Waals surface area contributed by atoms with Crippen LogP contribution in [0.1, 0.15) is 32.6 Å². The largest absolute Gasteiger partial charge is 0.118 e. The summed E-state index contributed by atoms with van der Waals surface area (Å²) in [6.07, 6.45) is 7.43. The first kappa shape index (κ1) is 6.55. The molecule has 1 heteroatoms. The molecule has 0 nitrogen and oxygen atoms in total. The van der Waals surface area contributed by atoms with E-state index in [4.69, 9.17) is 0 Å². The lowest BCUT2D eigenvalue weighted by molar-refractivity contribution is 0.681. The van der Waals surface area contributed by atoms with Crippen molar-refractivity contribution in [2.24, 2.45) is 0 Å². The van der Waals surface area contributed by atoms with Crippen LogP contribution in [0.3, 0.4) is 0 Å². The lowest BCUT2D eigenvalue weighted by Gasteiger charge is -1.92. The monoisotopic (exact) mass is 130 g/mol. The van der Waals surface area contributed by atoms with Gasteiger partial charge in [-0.2, -0.15) is 0 Å². The van der Waals surface area contributed by atoms with E-state index >= 15 is 0 Å². The summed E-state index contributed by atoms with van der Waals surface area (Å²) in [5.74, 6) is 0. The van der Waals surface area contributed by atoms with Crippen LogP contribution in [0.2, 0.25) is 0 Å². The highest BCUT2D eigenvalue weighted by molar-refractivity contribution is 7.47. The number of hydrogen-bond acceptors (Lipinski definition) is 0. The summed E-state index contributed by atoms with van der Waals surface area (Å²) in [7, 11) is 1.34. The maximum atomic E-state index is 2.27. The molecule has 2 unspecified atom stereocenters. The van der Waals surface area contributed by atoms with Gasteiger partial charge >= 0.3 is 0 Å². The zero-order valence-electron chi connectivity index (χ0n) is 5.61. The molecule has 1 saturated heterocycles. The fraction of sp³-hybridized carbons (Fsp3) is 1.00. The van der Waals surface area contributed by atoms with Gasteiger partial charge in [0.25, 0.3) is 0 Å². The molecular weight excluding hydrogens is 115 g/mol. The second kappa shape index (κ2) is 3.45. The van der Waals surface area contributed by atoms with Gasteiger partial charge in [0.1, 0.15) is 0 Å². The van der Waals surface area contributed by atoms with Crippen LogP contribution >= 0.6 is 8.58 Å². The first-order chi connectivity index (χ1) is 3.93. The van der Waals surface area contributed by atoms with Crippen molar-refractivity contribution in [2.75, 3.05) is 6.16 Å². The van der Waals surface area contributed by atoms with Crippen molar-refractivity contribution in [2.45, 2.75) is 38.3 Å². The van der Waals surface area contributed by atoms with E-state index in [1.807, 2.05) is 0 Å². The van der Waals surface area contributed by atoms with Crippen molar-refractivity contribution in [3.05, 3.63) is 0 Å². The third-order valence-electron chi connectivity index (χ3n) is 1.65. The number of rotatable bonds is 4. The van der Waals surface area contributed by atoms with E-state index in [1.54, 1.807) is 6.16 Å². The molecule has 0 spiro atoms. The number of hydrogen-bond donors (Lipinski definition) is 0. The molecule has 0 amide bonds. The molecule has 0 aromatic heterocycles. The molecule has 1 fully saturated rings. The van der Waals surface area contributed by atoms with E-state index in [-0.39, 0.29) is 0 Å². The fourth-order valence-electron chi connectivity index (χ4n) is 0.928. The zero-order valence-corrected chi connectivity index (χ0v) is 6.61. The van der Waals surface area contributed by atoms with Crippen molar-refractivity contribution in [1.29, 1.82) is 0 Å². The number of unbranched alkanes of at least 4 members (excludes halogenated alkanes) is 2. The Morgan fingerprint density at radius 2 is 2.25 bits per heavy atom. The lowest BCUT2D eigenvalue weighted by Crippen LogP contribution is -1.81. The van der Waals surface area contributed by atoms with Gasteiger partial charge in [-0.05, 0) is 18.2 Å². The normalized spacial score (nSPS) is 28.9. The van der Waals surface area contributed by atoms with E-state index in [1.165, 1.54) is 39.9 Å². The minimum absolute atomic E-state index is 1.18. The molecule has 0 N–H and O–H groups in total. The summed E-state index contributed by atoms with van der Waals surface area (Å²) in [6, 6.07) is 0. The summed E-state index contributed by atoms with van der Waals surface area (Å²) in [5, 5.41) is 0. The molecule has 8 heavy (non-hydrogen) atoms. The Balaban J connectivity index is 1.74. The van der Waals surface area contributed by atoms with E-state index in [9.17, 15) is 0 Å². The van der Waals surface area contributed by atoms with Crippen LogP contribution < -0.4 is 0 Å². The van der Waals surface area contributed by atoms with Gasteiger partial charge in [-0.1, -0.05) is 26.2 Å². The molecule has 0 bridgehead atoms. The summed E-state index contributed by atoms with van der Waals surface area (Å²) in [5.41, 5.74) is 1.18. The van der Waals surface area contributed by atoms with Gasteiger partial charge in [-0.3, -0.25) is 0 Å². The Hall–Kier alpha value is 0.430. The predicted molar refractivity (Wildman–Crippen MR) is 41.1 cm³/mol. The van der Waals surface area contributed by atoms with Gasteiger partial charge in [0.05, 0.1) is 0 Å². The summed E-state index contributed by atoms with van der Waals surface area (Å²) in [4.78, 5) is 0. The maximum absolute atomic E-state index is 2.27. The predicted octanol–water partition coefficient (Wildman–Crippen LogP) is 2.63. The standard InChI is InChI=1S/C7H15P/c1-2-3-4-5-7-6-8-7/h7-8H,2-6H2,1H3. The molecule has 0 aromatic carbocycles. The molecule has 1 aliphatic heterocycles. The smallest absolute Gasteiger partial charge is 0.0199 e. The topological polar surface area (TPSA) is 0 Å². The van der Waals surface area contributed by atoms with Crippen molar-refractivity contribution in [1.82, 2.24) is 0 Å². The Kier molecular flexibility index (Phi) is 2.83. The Morgan fingerprint density at radius 3 is 2.75 bits per heavy atom. The maximum Gasteiger partial charge on any atom is -0.0199 e. The molecule has 1 aliphatic rings. The molecule has 0 aromatic rings. The summed E-state index contributed by atoms with van der Waals surface area (Å²) >= 11 is 0. The highest BCUT2D eigenvalue weighted by Gasteiger charge is 2.19. The van der Waals surface area contributed by atoms with Crippen LogP contribution in [0.15, 0.2) is 0 Å². The average Bonchev–Trinajstić information content (AvgIpc) is 2.51. The van der Waals surface area contributed by atoms with Crippen LogP contribution in [0.5, 0.6) is 0 Å². The molecule has 1 rings (SSSR count). The van der Waals surface area contributed by atoms with Crippen molar-refractivity contribution >= 4 is 8.58 Å². The zero-order chi connectivity index (χ0) is 5.82. The minimum atomic E-state index is 1.18.